The zero-order valence-corrected chi connectivity index (χ0v) is 7.18. The van der Waals surface area contributed by atoms with E-state index in [1.54, 1.807) is 0 Å². The molecular formula is C8H10F2O3. The largest absolute Gasteiger partial charge is 0.450 e. The highest BCUT2D eigenvalue weighted by Crippen LogP contribution is 2.21. The van der Waals surface area contributed by atoms with E-state index in [-0.39, 0.29) is 5.78 Å². The summed E-state index contributed by atoms with van der Waals surface area (Å²) in [5.74, 6) is -5.39. The highest BCUT2D eigenvalue weighted by Gasteiger charge is 2.38. The lowest BCUT2D eigenvalue weighted by Crippen LogP contribution is -2.32. The van der Waals surface area contributed by atoms with E-state index in [9.17, 15) is 18.4 Å². The summed E-state index contributed by atoms with van der Waals surface area (Å²) in [5, 5.41) is 0. The van der Waals surface area contributed by atoms with E-state index in [2.05, 4.69) is 4.74 Å². The topological polar surface area (TPSA) is 43.4 Å². The molecule has 1 fully saturated rings. The van der Waals surface area contributed by atoms with Crippen LogP contribution in [0.1, 0.15) is 26.2 Å². The fourth-order valence-corrected chi connectivity index (χ4v) is 1.14. The van der Waals surface area contributed by atoms with E-state index >= 15 is 0 Å². The molecule has 0 bridgehead atoms. The number of halogens is 2. The Morgan fingerprint density at radius 1 is 1.62 bits per heavy atom. The van der Waals surface area contributed by atoms with Gasteiger partial charge in [-0.25, -0.2) is 4.79 Å². The van der Waals surface area contributed by atoms with Crippen LogP contribution in [0.5, 0.6) is 0 Å². The summed E-state index contributed by atoms with van der Waals surface area (Å²) in [5.41, 5.74) is 0. The molecular weight excluding hydrogens is 182 g/mol. The smallest absolute Gasteiger partial charge is 0.377 e. The Balaban J connectivity index is 2.49. The Kier molecular flexibility index (Phi) is 2.63. The first kappa shape index (κ1) is 10.1. The highest BCUT2D eigenvalue weighted by molar-refractivity contribution is 5.88. The van der Waals surface area contributed by atoms with Gasteiger partial charge in [-0.2, -0.15) is 8.78 Å². The Morgan fingerprint density at radius 2 is 2.23 bits per heavy atom. The summed E-state index contributed by atoms with van der Waals surface area (Å²) in [6.07, 6.45) is 0.332. The SMILES string of the molecule is CC(F)(F)C(=O)OC1CCCC1=O. The molecule has 5 heteroatoms. The maximum Gasteiger partial charge on any atom is 0.377 e. The Hall–Kier alpha value is -1.00. The predicted molar refractivity (Wildman–Crippen MR) is 39.4 cm³/mol. The minimum absolute atomic E-state index is 0.266. The molecule has 3 nitrogen and oxygen atoms in total. The second-order valence-electron chi connectivity index (χ2n) is 3.14. The maximum atomic E-state index is 12.3. The fraction of sp³-hybridized carbons (Fsp3) is 0.750. The number of Topliss-reactive ketones (excluding diaryl/α,β-unsaturated/α-hetero) is 1. The Bertz CT molecular complexity index is 232. The number of alkyl halides is 2. The third-order valence-corrected chi connectivity index (χ3v) is 1.86. The lowest BCUT2D eigenvalue weighted by molar-refractivity contribution is -0.176. The monoisotopic (exact) mass is 192 g/mol. The van der Waals surface area contributed by atoms with E-state index in [0.29, 0.717) is 26.2 Å². The molecule has 0 aromatic heterocycles. The van der Waals surface area contributed by atoms with Crippen LogP contribution in [-0.2, 0) is 14.3 Å². The van der Waals surface area contributed by atoms with Gasteiger partial charge in [-0.1, -0.05) is 0 Å². The van der Waals surface area contributed by atoms with Gasteiger partial charge in [0.25, 0.3) is 0 Å². The molecule has 1 rings (SSSR count). The molecule has 1 aliphatic carbocycles. The fourth-order valence-electron chi connectivity index (χ4n) is 1.14. The van der Waals surface area contributed by atoms with E-state index in [1.165, 1.54) is 0 Å². The predicted octanol–water partition coefficient (Wildman–Crippen LogP) is 1.31. The van der Waals surface area contributed by atoms with Gasteiger partial charge in [0.1, 0.15) is 0 Å². The first-order valence-electron chi connectivity index (χ1n) is 4.03. The van der Waals surface area contributed by atoms with Crippen LogP contribution in [0.4, 0.5) is 8.78 Å². The second-order valence-corrected chi connectivity index (χ2v) is 3.14. The normalized spacial score (nSPS) is 23.3. The average Bonchev–Trinajstić information content (AvgIpc) is 2.34. The first-order chi connectivity index (χ1) is 5.91. The molecule has 0 N–H and O–H groups in total. The van der Waals surface area contributed by atoms with Crippen molar-refractivity contribution in [2.45, 2.75) is 38.2 Å². The zero-order chi connectivity index (χ0) is 10.1. The van der Waals surface area contributed by atoms with Crippen molar-refractivity contribution >= 4 is 11.8 Å². The molecule has 0 amide bonds. The van der Waals surface area contributed by atoms with Crippen molar-refractivity contribution in [3.05, 3.63) is 0 Å². The lowest BCUT2D eigenvalue weighted by atomic mass is 10.3. The van der Waals surface area contributed by atoms with Gasteiger partial charge in [0, 0.05) is 13.3 Å². The van der Waals surface area contributed by atoms with Crippen LogP contribution in [0.15, 0.2) is 0 Å². The minimum Gasteiger partial charge on any atom is -0.450 e. The van der Waals surface area contributed by atoms with Gasteiger partial charge >= 0.3 is 11.9 Å². The van der Waals surface area contributed by atoms with E-state index < -0.39 is 18.0 Å². The Morgan fingerprint density at radius 3 is 2.62 bits per heavy atom. The molecule has 74 valence electrons. The summed E-state index contributed by atoms with van der Waals surface area (Å²) in [7, 11) is 0. The Labute approximate surface area is 74.1 Å². The summed E-state index contributed by atoms with van der Waals surface area (Å²) in [6.45, 7) is 0.453. The standard InChI is InChI=1S/C8H10F2O3/c1-8(9,10)7(12)13-6-4-2-3-5(6)11/h6H,2-4H2,1H3. The van der Waals surface area contributed by atoms with E-state index in [1.807, 2.05) is 0 Å². The van der Waals surface area contributed by atoms with Gasteiger partial charge < -0.3 is 4.74 Å². The van der Waals surface area contributed by atoms with Crippen molar-refractivity contribution in [2.24, 2.45) is 0 Å². The number of carbonyl (C=O) groups is 2. The van der Waals surface area contributed by atoms with Crippen LogP contribution in [0.3, 0.4) is 0 Å². The van der Waals surface area contributed by atoms with Crippen LogP contribution in [0.25, 0.3) is 0 Å². The van der Waals surface area contributed by atoms with E-state index in [4.69, 9.17) is 0 Å². The molecule has 1 unspecified atom stereocenters. The zero-order valence-electron chi connectivity index (χ0n) is 7.18. The van der Waals surface area contributed by atoms with Gasteiger partial charge in [-0.15, -0.1) is 0 Å². The molecule has 0 saturated heterocycles. The third-order valence-electron chi connectivity index (χ3n) is 1.86. The van der Waals surface area contributed by atoms with E-state index in [0.717, 1.165) is 0 Å². The van der Waals surface area contributed by atoms with Gasteiger partial charge in [-0.3, -0.25) is 4.79 Å². The molecule has 1 atom stereocenters. The molecule has 0 aromatic rings. The van der Waals surface area contributed by atoms with Gasteiger partial charge in [-0.05, 0) is 12.8 Å². The van der Waals surface area contributed by atoms with Crippen molar-refractivity contribution in [2.75, 3.05) is 0 Å². The number of carbonyl (C=O) groups excluding carboxylic acids is 2. The molecule has 0 spiro atoms. The van der Waals surface area contributed by atoms with Crippen molar-refractivity contribution < 1.29 is 23.1 Å². The van der Waals surface area contributed by atoms with Gasteiger partial charge in [0.2, 0.25) is 0 Å². The quantitative estimate of drug-likeness (QED) is 0.619. The van der Waals surface area contributed by atoms with Crippen LogP contribution in [0.2, 0.25) is 0 Å². The summed E-state index contributed by atoms with van der Waals surface area (Å²) < 4.78 is 29.0. The van der Waals surface area contributed by atoms with Crippen LogP contribution < -0.4 is 0 Å². The number of hydrogen-bond acceptors (Lipinski definition) is 3. The molecule has 0 radical (unpaired) electrons. The molecule has 13 heavy (non-hydrogen) atoms. The average molecular weight is 192 g/mol. The third kappa shape index (κ3) is 2.47. The second kappa shape index (κ2) is 3.40. The molecule has 1 aliphatic rings. The van der Waals surface area contributed by atoms with Crippen molar-refractivity contribution in [3.63, 3.8) is 0 Å². The molecule has 0 aromatic carbocycles. The van der Waals surface area contributed by atoms with Crippen LogP contribution in [-0.4, -0.2) is 23.8 Å². The summed E-state index contributed by atoms with van der Waals surface area (Å²) in [6, 6.07) is 0. The summed E-state index contributed by atoms with van der Waals surface area (Å²) in [4.78, 5) is 21.6. The van der Waals surface area contributed by atoms with Crippen molar-refractivity contribution in [1.29, 1.82) is 0 Å². The highest BCUT2D eigenvalue weighted by atomic mass is 19.3. The molecule has 1 saturated carbocycles. The number of hydrogen-bond donors (Lipinski definition) is 0. The summed E-state index contributed by atoms with van der Waals surface area (Å²) >= 11 is 0. The van der Waals surface area contributed by atoms with Crippen LogP contribution >= 0.6 is 0 Å². The van der Waals surface area contributed by atoms with Crippen molar-refractivity contribution in [1.82, 2.24) is 0 Å². The lowest BCUT2D eigenvalue weighted by Gasteiger charge is -2.13. The van der Waals surface area contributed by atoms with Gasteiger partial charge in [0.05, 0.1) is 0 Å². The number of rotatable bonds is 2. The van der Waals surface area contributed by atoms with Crippen LogP contribution in [0, 0.1) is 0 Å². The first-order valence-corrected chi connectivity index (χ1v) is 4.03. The maximum absolute atomic E-state index is 12.3. The number of ketones is 1. The van der Waals surface area contributed by atoms with Crippen molar-refractivity contribution in [3.8, 4) is 0 Å². The molecule has 0 heterocycles. The number of esters is 1. The number of ether oxygens (including phenoxy) is 1. The minimum atomic E-state index is -3.51. The molecule has 0 aliphatic heterocycles. The van der Waals surface area contributed by atoms with Gasteiger partial charge in [0.15, 0.2) is 11.9 Å².